The highest BCUT2D eigenvalue weighted by atomic mass is 16.6. The molecule has 1 spiro atoms. The average molecular weight is 543 g/mol. The summed E-state index contributed by atoms with van der Waals surface area (Å²) in [6, 6.07) is 13.8. The summed E-state index contributed by atoms with van der Waals surface area (Å²) in [6.45, 7) is 4.12. The molecule has 5 rings (SSSR count). The largest absolute Gasteiger partial charge is 0.496 e. The quantitative estimate of drug-likeness (QED) is 0.563. The molecule has 2 aromatic carbocycles. The molecule has 1 aliphatic carbocycles. The number of amides is 3. The fourth-order valence-corrected chi connectivity index (χ4v) is 6.11. The molecule has 2 aromatic rings. The van der Waals surface area contributed by atoms with Gasteiger partial charge >= 0.3 is 6.09 Å². The van der Waals surface area contributed by atoms with Gasteiger partial charge in [0.2, 0.25) is 11.8 Å². The van der Waals surface area contributed by atoms with E-state index in [1.807, 2.05) is 62.4 Å². The van der Waals surface area contributed by atoms with Gasteiger partial charge in [-0.15, -0.1) is 0 Å². The molecule has 2 aliphatic heterocycles. The fraction of sp³-hybridized carbons (Fsp3) is 0.419. The van der Waals surface area contributed by atoms with Gasteiger partial charge in [0.1, 0.15) is 24.4 Å². The van der Waals surface area contributed by atoms with Crippen LogP contribution in [0, 0.1) is 17.2 Å². The van der Waals surface area contributed by atoms with Crippen LogP contribution in [-0.2, 0) is 26.2 Å². The van der Waals surface area contributed by atoms with E-state index < -0.39 is 23.6 Å². The molecule has 0 bridgehead atoms. The lowest BCUT2D eigenvalue weighted by Gasteiger charge is -2.32. The molecular formula is C31H34N4O5. The Kier molecular flexibility index (Phi) is 7.28. The number of anilines is 1. The predicted octanol–water partition coefficient (Wildman–Crippen LogP) is 4.13. The van der Waals surface area contributed by atoms with E-state index >= 15 is 0 Å². The summed E-state index contributed by atoms with van der Waals surface area (Å²) in [5, 5.41) is 12.9. The summed E-state index contributed by atoms with van der Waals surface area (Å²) < 4.78 is 11.1. The van der Waals surface area contributed by atoms with Crippen molar-refractivity contribution < 1.29 is 23.9 Å². The van der Waals surface area contributed by atoms with Crippen LogP contribution >= 0.6 is 0 Å². The van der Waals surface area contributed by atoms with E-state index in [0.29, 0.717) is 18.5 Å². The number of benzene rings is 2. The number of methoxy groups -OCH3 is 1. The van der Waals surface area contributed by atoms with Gasteiger partial charge in [-0.1, -0.05) is 44.2 Å². The third-order valence-corrected chi connectivity index (χ3v) is 8.17. The molecule has 1 fully saturated rings. The lowest BCUT2D eigenvalue weighted by molar-refractivity contribution is -0.137. The number of carbonyl (C=O) groups excluding carboxylic acids is 3. The molecule has 0 saturated carbocycles. The minimum absolute atomic E-state index is 0.0807. The highest BCUT2D eigenvalue weighted by Gasteiger charge is 2.56. The van der Waals surface area contributed by atoms with E-state index in [-0.39, 0.29) is 37.3 Å². The van der Waals surface area contributed by atoms with Crippen LogP contribution < -0.4 is 10.1 Å². The molecular weight excluding hydrogens is 508 g/mol. The summed E-state index contributed by atoms with van der Waals surface area (Å²) in [6.07, 6.45) is 2.61. The van der Waals surface area contributed by atoms with Gasteiger partial charge in [0.25, 0.3) is 0 Å². The van der Waals surface area contributed by atoms with Crippen LogP contribution in [0.3, 0.4) is 0 Å². The second-order valence-corrected chi connectivity index (χ2v) is 11.2. The summed E-state index contributed by atoms with van der Waals surface area (Å²) in [5.74, 6) is 0.301. The predicted molar refractivity (Wildman–Crippen MR) is 150 cm³/mol. The number of nitriles is 1. The smallest absolute Gasteiger partial charge is 0.410 e. The van der Waals surface area contributed by atoms with Crippen molar-refractivity contribution >= 4 is 29.7 Å². The van der Waals surface area contributed by atoms with E-state index in [1.165, 1.54) is 9.80 Å². The number of hydrogen-bond donors (Lipinski definition) is 1. The molecule has 0 radical (unpaired) electrons. The van der Waals surface area contributed by atoms with E-state index in [2.05, 4.69) is 11.4 Å². The maximum atomic E-state index is 14.0. The third-order valence-electron chi connectivity index (χ3n) is 8.17. The number of nitrogens with one attached hydrogen (secondary N) is 1. The van der Waals surface area contributed by atoms with E-state index in [4.69, 9.17) is 9.47 Å². The van der Waals surface area contributed by atoms with E-state index in [0.717, 1.165) is 28.0 Å². The molecule has 208 valence electrons. The molecule has 9 nitrogen and oxygen atoms in total. The number of carbonyl (C=O) groups is 3. The Morgan fingerprint density at radius 3 is 2.73 bits per heavy atom. The Bertz CT molecular complexity index is 1430. The first-order valence-electron chi connectivity index (χ1n) is 13.5. The zero-order chi connectivity index (χ0) is 28.6. The van der Waals surface area contributed by atoms with Crippen molar-refractivity contribution in [1.82, 2.24) is 9.80 Å². The zero-order valence-electron chi connectivity index (χ0n) is 23.3. The first-order valence-corrected chi connectivity index (χ1v) is 13.5. The SMILES string of the molecule is COc1cccc2c1C=C(COC(=O)N(C)[C@@H](CC(C)C)C(=O)N1C[C@]3(CC1C#N)C(=O)Nc1ccccc13)C2. The molecule has 1 N–H and O–H groups in total. The van der Waals surface area contributed by atoms with Crippen LogP contribution in [0.5, 0.6) is 5.75 Å². The summed E-state index contributed by atoms with van der Waals surface area (Å²) in [4.78, 5) is 43.2. The van der Waals surface area contributed by atoms with Crippen LogP contribution in [0.1, 0.15) is 43.4 Å². The minimum Gasteiger partial charge on any atom is -0.496 e. The molecule has 1 saturated heterocycles. The number of hydrogen-bond acceptors (Lipinski definition) is 6. The molecule has 2 heterocycles. The van der Waals surface area contributed by atoms with Gasteiger partial charge in [-0.05, 0) is 53.7 Å². The van der Waals surface area contributed by atoms with Crippen molar-refractivity contribution in [2.75, 3.05) is 32.6 Å². The van der Waals surface area contributed by atoms with Crippen molar-refractivity contribution in [3.05, 3.63) is 64.7 Å². The number of fused-ring (bicyclic) bond motifs is 3. The maximum Gasteiger partial charge on any atom is 0.410 e. The van der Waals surface area contributed by atoms with Crippen molar-refractivity contribution in [2.24, 2.45) is 5.92 Å². The maximum absolute atomic E-state index is 14.0. The first kappa shape index (κ1) is 27.3. The summed E-state index contributed by atoms with van der Waals surface area (Å²) in [7, 11) is 3.18. The Labute approximate surface area is 234 Å². The van der Waals surface area contributed by atoms with Gasteiger partial charge in [0.15, 0.2) is 0 Å². The van der Waals surface area contributed by atoms with Gasteiger partial charge < -0.3 is 19.7 Å². The van der Waals surface area contributed by atoms with Gasteiger partial charge in [-0.2, -0.15) is 5.26 Å². The van der Waals surface area contributed by atoms with Crippen molar-refractivity contribution in [1.29, 1.82) is 5.26 Å². The molecule has 40 heavy (non-hydrogen) atoms. The van der Waals surface area contributed by atoms with Gasteiger partial charge in [-0.3, -0.25) is 14.5 Å². The van der Waals surface area contributed by atoms with Crippen LogP contribution in [0.25, 0.3) is 6.08 Å². The van der Waals surface area contributed by atoms with Gasteiger partial charge in [-0.25, -0.2) is 4.79 Å². The Morgan fingerprint density at radius 2 is 2.00 bits per heavy atom. The molecule has 0 aromatic heterocycles. The number of likely N-dealkylation sites (tertiary alicyclic amines) is 1. The second-order valence-electron chi connectivity index (χ2n) is 11.2. The third kappa shape index (κ3) is 4.68. The molecule has 1 unspecified atom stereocenters. The molecule has 9 heteroatoms. The van der Waals surface area contributed by atoms with Crippen LogP contribution in [0.4, 0.5) is 10.5 Å². The highest BCUT2D eigenvalue weighted by Crippen LogP contribution is 2.46. The second kappa shape index (κ2) is 10.7. The van der Waals surface area contributed by atoms with Crippen LogP contribution in [-0.4, -0.2) is 67.1 Å². The molecule has 3 aliphatic rings. The number of likely N-dealkylation sites (N-methyl/N-ethyl adjacent to an activating group) is 1. The number of ether oxygens (including phenoxy) is 2. The minimum atomic E-state index is -0.987. The fourth-order valence-electron chi connectivity index (χ4n) is 6.11. The lowest BCUT2D eigenvalue weighted by Crippen LogP contribution is -2.52. The number of rotatable bonds is 7. The highest BCUT2D eigenvalue weighted by molar-refractivity contribution is 6.07. The number of para-hydroxylation sites is 1. The van der Waals surface area contributed by atoms with E-state index in [9.17, 15) is 19.6 Å². The molecule has 3 atom stereocenters. The standard InChI is InChI=1S/C31H34N4O5/c1-19(2)12-26(34(3)30(38)40-17-20-13-21-8-7-11-27(39-4)23(21)14-20)28(36)35-18-31(15-22(35)16-32)24-9-5-6-10-25(24)33-29(31)37/h5-11,14,19,22,26H,12-13,15,17-18H2,1-4H3,(H,33,37)/t22?,26-,31-/m0/s1. The van der Waals surface area contributed by atoms with Gasteiger partial charge in [0, 0.05) is 31.3 Å². The Morgan fingerprint density at radius 1 is 1.23 bits per heavy atom. The zero-order valence-corrected chi connectivity index (χ0v) is 23.3. The Balaban J connectivity index is 1.32. The van der Waals surface area contributed by atoms with Crippen molar-refractivity contribution in [2.45, 2.75) is 50.6 Å². The van der Waals surface area contributed by atoms with Crippen molar-refractivity contribution in [3.8, 4) is 11.8 Å². The molecule has 3 amide bonds. The van der Waals surface area contributed by atoms with Crippen molar-refractivity contribution in [3.63, 3.8) is 0 Å². The van der Waals surface area contributed by atoms with E-state index in [1.54, 1.807) is 14.2 Å². The van der Waals surface area contributed by atoms with Crippen LogP contribution in [0.15, 0.2) is 48.0 Å². The average Bonchev–Trinajstić information content (AvgIpc) is 3.63. The normalized spacial score (nSPS) is 21.4. The van der Waals surface area contributed by atoms with Gasteiger partial charge in [0.05, 0.1) is 18.6 Å². The topological polar surface area (TPSA) is 112 Å². The summed E-state index contributed by atoms with van der Waals surface area (Å²) >= 11 is 0. The number of nitrogens with zero attached hydrogens (tertiary/aromatic N) is 3. The summed E-state index contributed by atoms with van der Waals surface area (Å²) in [5.41, 5.74) is 3.55. The lowest BCUT2D eigenvalue weighted by atomic mass is 9.80. The first-order chi connectivity index (χ1) is 19.2. The Hall–Kier alpha value is -4.32. The monoisotopic (exact) mass is 542 g/mol. The van der Waals surface area contributed by atoms with Crippen LogP contribution in [0.2, 0.25) is 0 Å².